The number of ether oxygens (including phenoxy) is 3. The molecule has 0 spiro atoms. The van der Waals surface area contributed by atoms with E-state index in [0.29, 0.717) is 24.3 Å². The molecular weight excluding hydrogens is 380 g/mol. The third kappa shape index (κ3) is 6.78. The first-order valence-corrected chi connectivity index (χ1v) is 9.81. The van der Waals surface area contributed by atoms with Crippen molar-refractivity contribution in [1.29, 1.82) is 0 Å². The van der Waals surface area contributed by atoms with E-state index < -0.39 is 5.97 Å². The van der Waals surface area contributed by atoms with E-state index in [1.807, 2.05) is 61.5 Å². The molecule has 0 fully saturated rings. The van der Waals surface area contributed by atoms with Crippen molar-refractivity contribution >= 4 is 11.9 Å². The molecule has 0 amide bonds. The Bertz CT molecular complexity index is 947. The molecule has 0 saturated carbocycles. The lowest BCUT2D eigenvalue weighted by Gasteiger charge is -2.08. The number of carbonyl (C=O) groups excluding carboxylic acids is 2. The van der Waals surface area contributed by atoms with E-state index in [-0.39, 0.29) is 19.0 Å². The Labute approximate surface area is 176 Å². The molecule has 0 bridgehead atoms. The highest BCUT2D eigenvalue weighted by Crippen LogP contribution is 2.15. The predicted octanol–water partition coefficient (Wildman–Crippen LogP) is 5.12. The number of rotatable bonds is 9. The first kappa shape index (κ1) is 21.1. The van der Waals surface area contributed by atoms with Crippen LogP contribution in [0.4, 0.5) is 0 Å². The maximum Gasteiger partial charge on any atom is 0.338 e. The fourth-order valence-electron chi connectivity index (χ4n) is 2.69. The minimum Gasteiger partial charge on any atom is -0.494 e. The monoisotopic (exact) mass is 404 g/mol. The van der Waals surface area contributed by atoms with E-state index in [9.17, 15) is 9.59 Å². The highest BCUT2D eigenvalue weighted by atomic mass is 16.5. The van der Waals surface area contributed by atoms with E-state index in [0.717, 1.165) is 11.3 Å². The van der Waals surface area contributed by atoms with Crippen LogP contribution in [0, 0.1) is 6.92 Å². The molecule has 154 valence electrons. The van der Waals surface area contributed by atoms with Gasteiger partial charge in [-0.3, -0.25) is 4.79 Å². The second-order valence-electron chi connectivity index (χ2n) is 6.83. The quantitative estimate of drug-likeness (QED) is 0.282. The van der Waals surface area contributed by atoms with Gasteiger partial charge in [-0.05, 0) is 55.3 Å². The fourth-order valence-corrected chi connectivity index (χ4v) is 2.69. The van der Waals surface area contributed by atoms with Crippen LogP contribution in [0.1, 0.15) is 34.3 Å². The van der Waals surface area contributed by atoms with Gasteiger partial charge in [0.15, 0.2) is 0 Å². The maximum atomic E-state index is 12.1. The van der Waals surface area contributed by atoms with Crippen LogP contribution in [0.3, 0.4) is 0 Å². The van der Waals surface area contributed by atoms with Crippen molar-refractivity contribution in [2.24, 2.45) is 0 Å². The summed E-state index contributed by atoms with van der Waals surface area (Å²) < 4.78 is 16.2. The number of hydrogen-bond acceptors (Lipinski definition) is 5. The van der Waals surface area contributed by atoms with Gasteiger partial charge in [0.2, 0.25) is 0 Å². The first-order valence-electron chi connectivity index (χ1n) is 9.81. The summed E-state index contributed by atoms with van der Waals surface area (Å²) in [4.78, 5) is 24.1. The number of aryl methyl sites for hydroxylation is 1. The van der Waals surface area contributed by atoms with E-state index in [1.165, 1.54) is 5.56 Å². The van der Waals surface area contributed by atoms with Gasteiger partial charge in [0.25, 0.3) is 0 Å². The van der Waals surface area contributed by atoms with Crippen molar-refractivity contribution < 1.29 is 23.8 Å². The van der Waals surface area contributed by atoms with Crippen molar-refractivity contribution in [1.82, 2.24) is 0 Å². The summed E-state index contributed by atoms with van der Waals surface area (Å²) in [7, 11) is 0. The molecule has 5 heteroatoms. The number of hydrogen-bond donors (Lipinski definition) is 0. The molecular formula is C25H24O5. The van der Waals surface area contributed by atoms with Crippen LogP contribution in [-0.2, 0) is 16.1 Å². The minimum atomic E-state index is -0.426. The van der Waals surface area contributed by atoms with Crippen molar-refractivity contribution in [3.63, 3.8) is 0 Å². The summed E-state index contributed by atoms with van der Waals surface area (Å²) in [6.45, 7) is 2.66. The molecule has 3 aromatic rings. The van der Waals surface area contributed by atoms with Crippen LogP contribution in [0.5, 0.6) is 11.5 Å². The molecule has 0 aliphatic carbocycles. The average molecular weight is 404 g/mol. The van der Waals surface area contributed by atoms with Gasteiger partial charge in [0, 0.05) is 6.42 Å². The van der Waals surface area contributed by atoms with E-state index >= 15 is 0 Å². The number of esters is 2. The van der Waals surface area contributed by atoms with Crippen molar-refractivity contribution in [3.8, 4) is 11.5 Å². The standard InChI is InChI=1S/C25H24O5/c1-19-9-13-22(14-10-19)28-17-5-8-24(26)30-23-15-11-21(12-16-23)25(27)29-18-20-6-3-2-4-7-20/h2-4,6-7,9-16H,5,8,17-18H2,1H3. The van der Waals surface area contributed by atoms with Crippen molar-refractivity contribution in [3.05, 3.63) is 95.6 Å². The molecule has 0 heterocycles. The Balaban J connectivity index is 1.38. The Hall–Kier alpha value is -3.60. The Morgan fingerprint density at radius 3 is 2.17 bits per heavy atom. The van der Waals surface area contributed by atoms with Gasteiger partial charge in [0.05, 0.1) is 12.2 Å². The van der Waals surface area contributed by atoms with Crippen LogP contribution < -0.4 is 9.47 Å². The Kier molecular flexibility index (Phi) is 7.61. The summed E-state index contributed by atoms with van der Waals surface area (Å²) in [6.07, 6.45) is 0.795. The number of benzene rings is 3. The minimum absolute atomic E-state index is 0.209. The fraction of sp³-hybridized carbons (Fsp3) is 0.200. The smallest absolute Gasteiger partial charge is 0.338 e. The molecule has 0 aliphatic heterocycles. The summed E-state index contributed by atoms with van der Waals surface area (Å²) in [5, 5.41) is 0. The average Bonchev–Trinajstić information content (AvgIpc) is 2.77. The van der Waals surface area contributed by atoms with Gasteiger partial charge in [-0.2, -0.15) is 0 Å². The lowest BCUT2D eigenvalue weighted by molar-refractivity contribution is -0.134. The molecule has 0 aliphatic rings. The maximum absolute atomic E-state index is 12.1. The van der Waals surface area contributed by atoms with Gasteiger partial charge in [-0.15, -0.1) is 0 Å². The van der Waals surface area contributed by atoms with E-state index in [2.05, 4.69) is 0 Å². The molecule has 0 saturated heterocycles. The molecule has 0 N–H and O–H groups in total. The third-order valence-electron chi connectivity index (χ3n) is 4.35. The highest BCUT2D eigenvalue weighted by Gasteiger charge is 2.10. The predicted molar refractivity (Wildman–Crippen MR) is 114 cm³/mol. The molecule has 0 aromatic heterocycles. The second kappa shape index (κ2) is 10.8. The summed E-state index contributed by atoms with van der Waals surface area (Å²) >= 11 is 0. The second-order valence-corrected chi connectivity index (χ2v) is 6.83. The van der Waals surface area contributed by atoms with Gasteiger partial charge in [-0.1, -0.05) is 48.0 Å². The van der Waals surface area contributed by atoms with Crippen molar-refractivity contribution in [2.45, 2.75) is 26.4 Å². The largest absolute Gasteiger partial charge is 0.494 e. The van der Waals surface area contributed by atoms with Gasteiger partial charge >= 0.3 is 11.9 Å². The first-order chi connectivity index (χ1) is 14.6. The van der Waals surface area contributed by atoms with E-state index in [4.69, 9.17) is 14.2 Å². The molecule has 0 radical (unpaired) electrons. The summed E-state index contributed by atoms with van der Waals surface area (Å²) in [5.74, 6) is 0.398. The van der Waals surface area contributed by atoms with Gasteiger partial charge < -0.3 is 14.2 Å². The SMILES string of the molecule is Cc1ccc(OCCCC(=O)Oc2ccc(C(=O)OCc3ccccc3)cc2)cc1. The lowest BCUT2D eigenvalue weighted by Crippen LogP contribution is -2.10. The highest BCUT2D eigenvalue weighted by molar-refractivity contribution is 5.89. The normalized spacial score (nSPS) is 10.3. The van der Waals surface area contributed by atoms with Gasteiger partial charge in [0.1, 0.15) is 18.1 Å². The zero-order valence-electron chi connectivity index (χ0n) is 16.9. The van der Waals surface area contributed by atoms with Gasteiger partial charge in [-0.25, -0.2) is 4.79 Å². The molecule has 0 unspecified atom stereocenters. The third-order valence-corrected chi connectivity index (χ3v) is 4.35. The molecule has 3 rings (SSSR count). The molecule has 5 nitrogen and oxygen atoms in total. The zero-order chi connectivity index (χ0) is 21.2. The topological polar surface area (TPSA) is 61.8 Å². The van der Waals surface area contributed by atoms with Crippen LogP contribution >= 0.6 is 0 Å². The Morgan fingerprint density at radius 2 is 1.47 bits per heavy atom. The molecule has 30 heavy (non-hydrogen) atoms. The van der Waals surface area contributed by atoms with E-state index in [1.54, 1.807) is 24.3 Å². The lowest BCUT2D eigenvalue weighted by atomic mass is 10.2. The zero-order valence-corrected chi connectivity index (χ0v) is 16.9. The summed E-state index contributed by atoms with van der Waals surface area (Å²) in [5.41, 5.74) is 2.49. The van der Waals surface area contributed by atoms with Crippen LogP contribution in [0.15, 0.2) is 78.9 Å². The number of carbonyl (C=O) groups is 2. The Morgan fingerprint density at radius 1 is 0.800 bits per heavy atom. The van der Waals surface area contributed by atoms with Crippen LogP contribution in [0.25, 0.3) is 0 Å². The van der Waals surface area contributed by atoms with Crippen molar-refractivity contribution in [2.75, 3.05) is 6.61 Å². The molecule has 0 atom stereocenters. The van der Waals surface area contributed by atoms with Crippen LogP contribution in [-0.4, -0.2) is 18.5 Å². The van der Waals surface area contributed by atoms with Crippen LogP contribution in [0.2, 0.25) is 0 Å². The summed E-state index contributed by atoms with van der Waals surface area (Å²) in [6, 6.07) is 23.6. The molecule has 3 aromatic carbocycles.